The minimum atomic E-state index is -4.25. The Morgan fingerprint density at radius 2 is 1.38 bits per heavy atom. The van der Waals surface area contributed by atoms with Crippen molar-refractivity contribution in [1.82, 2.24) is 0 Å². The third-order valence-electron chi connectivity index (χ3n) is 6.41. The number of nitrogens with zero attached hydrogens (tertiary/aromatic N) is 1. The van der Waals surface area contributed by atoms with Gasteiger partial charge in [0.25, 0.3) is 0 Å². The van der Waals surface area contributed by atoms with E-state index in [1.54, 1.807) is 18.2 Å². The van der Waals surface area contributed by atoms with Crippen LogP contribution in [0.5, 0.6) is 0 Å². The van der Waals surface area contributed by atoms with Crippen molar-refractivity contribution in [3.05, 3.63) is 47.5 Å². The van der Waals surface area contributed by atoms with Crippen molar-refractivity contribution in [3.8, 4) is 6.07 Å². The zero-order chi connectivity index (χ0) is 18.6. The molecule has 0 aliphatic heterocycles. The van der Waals surface area contributed by atoms with E-state index in [1.807, 2.05) is 0 Å². The van der Waals surface area contributed by atoms with E-state index in [2.05, 4.69) is 12.1 Å². The molecule has 0 atom stereocenters. The van der Waals surface area contributed by atoms with Gasteiger partial charge in [0.2, 0.25) is 0 Å². The van der Waals surface area contributed by atoms with Crippen LogP contribution in [0.1, 0.15) is 68.4 Å². The lowest BCUT2D eigenvalue weighted by Gasteiger charge is -2.37. The fraction of sp³-hybridized carbons (Fsp3) is 0.591. The molecule has 0 heterocycles. The SMILES string of the molecule is N#CC=CC1CCC(C2CCC(c3ccc(C(F)(F)F)cc3)CC2)CC1. The summed E-state index contributed by atoms with van der Waals surface area (Å²) in [4.78, 5) is 0. The average molecular weight is 361 g/mol. The highest BCUT2D eigenvalue weighted by atomic mass is 19.4. The van der Waals surface area contributed by atoms with Crippen LogP contribution in [0.15, 0.2) is 36.4 Å². The highest BCUT2D eigenvalue weighted by Crippen LogP contribution is 2.44. The zero-order valence-electron chi connectivity index (χ0n) is 15.0. The van der Waals surface area contributed by atoms with Gasteiger partial charge in [0.05, 0.1) is 11.6 Å². The Labute approximate surface area is 153 Å². The molecule has 2 fully saturated rings. The van der Waals surface area contributed by atoms with Crippen molar-refractivity contribution >= 4 is 0 Å². The minimum absolute atomic E-state index is 0.406. The second kappa shape index (κ2) is 8.29. The van der Waals surface area contributed by atoms with Gasteiger partial charge < -0.3 is 0 Å². The van der Waals surface area contributed by atoms with Gasteiger partial charge in [-0.3, -0.25) is 0 Å². The van der Waals surface area contributed by atoms with Gasteiger partial charge in [0, 0.05) is 6.08 Å². The number of allylic oxidation sites excluding steroid dienone is 2. The van der Waals surface area contributed by atoms with Gasteiger partial charge in [-0.25, -0.2) is 0 Å². The van der Waals surface area contributed by atoms with Crippen molar-refractivity contribution in [2.24, 2.45) is 17.8 Å². The van der Waals surface area contributed by atoms with Crippen molar-refractivity contribution in [1.29, 1.82) is 5.26 Å². The highest BCUT2D eigenvalue weighted by molar-refractivity contribution is 5.27. The molecule has 2 aliphatic carbocycles. The van der Waals surface area contributed by atoms with Crippen molar-refractivity contribution in [2.75, 3.05) is 0 Å². The Hall–Kier alpha value is -1.76. The lowest BCUT2D eigenvalue weighted by molar-refractivity contribution is -0.137. The maximum Gasteiger partial charge on any atom is 0.416 e. The molecule has 0 saturated heterocycles. The minimum Gasteiger partial charge on any atom is -0.193 e. The Bertz CT molecular complexity index is 637. The summed E-state index contributed by atoms with van der Waals surface area (Å²) in [6.45, 7) is 0. The molecule has 1 aromatic carbocycles. The summed E-state index contributed by atoms with van der Waals surface area (Å²) in [5, 5.41) is 8.63. The molecule has 0 spiro atoms. The van der Waals surface area contributed by atoms with E-state index in [0.717, 1.165) is 30.2 Å². The Balaban J connectivity index is 1.49. The molecule has 2 saturated carbocycles. The molecule has 1 aromatic rings. The molecular formula is C22H26F3N. The lowest BCUT2D eigenvalue weighted by atomic mass is 9.68. The van der Waals surface area contributed by atoms with E-state index in [-0.39, 0.29) is 0 Å². The first-order chi connectivity index (χ1) is 12.5. The fourth-order valence-corrected chi connectivity index (χ4v) is 4.86. The molecule has 0 radical (unpaired) electrons. The Morgan fingerprint density at radius 1 is 0.846 bits per heavy atom. The fourth-order valence-electron chi connectivity index (χ4n) is 4.86. The molecule has 0 unspecified atom stereocenters. The van der Waals surface area contributed by atoms with E-state index in [4.69, 9.17) is 5.26 Å². The summed E-state index contributed by atoms with van der Waals surface area (Å²) >= 11 is 0. The number of rotatable bonds is 3. The molecule has 0 N–H and O–H groups in total. The van der Waals surface area contributed by atoms with Crippen LogP contribution in [0, 0.1) is 29.1 Å². The van der Waals surface area contributed by atoms with Gasteiger partial charge in [0.15, 0.2) is 0 Å². The Morgan fingerprint density at radius 3 is 1.88 bits per heavy atom. The highest BCUT2D eigenvalue weighted by Gasteiger charge is 2.32. The largest absolute Gasteiger partial charge is 0.416 e. The third kappa shape index (κ3) is 4.69. The van der Waals surface area contributed by atoms with Crippen molar-refractivity contribution < 1.29 is 13.2 Å². The standard InChI is InChI=1S/C22H26F3N/c23-22(24,25)21-13-11-20(12-14-21)19-9-7-18(8-10-19)17-5-3-16(4-6-17)2-1-15-26/h1-2,11-14,16-19H,3-10H2. The van der Waals surface area contributed by atoms with Crippen LogP contribution in [0.25, 0.3) is 0 Å². The molecular weight excluding hydrogens is 335 g/mol. The third-order valence-corrected chi connectivity index (χ3v) is 6.41. The van der Waals surface area contributed by atoms with Crippen LogP contribution in [0.4, 0.5) is 13.2 Å². The molecule has 26 heavy (non-hydrogen) atoms. The molecule has 4 heteroatoms. The van der Waals surface area contributed by atoms with Crippen LogP contribution in [-0.4, -0.2) is 0 Å². The van der Waals surface area contributed by atoms with Crippen LogP contribution in [0.2, 0.25) is 0 Å². The molecule has 0 amide bonds. The van der Waals surface area contributed by atoms with Crippen LogP contribution in [0.3, 0.4) is 0 Å². The lowest BCUT2D eigenvalue weighted by Crippen LogP contribution is -2.25. The monoisotopic (exact) mass is 361 g/mol. The molecule has 0 aromatic heterocycles. The van der Waals surface area contributed by atoms with Crippen LogP contribution >= 0.6 is 0 Å². The number of benzene rings is 1. The summed E-state index contributed by atoms with van der Waals surface area (Å²) in [7, 11) is 0. The molecule has 1 nitrogen and oxygen atoms in total. The first-order valence-electron chi connectivity index (χ1n) is 9.71. The summed E-state index contributed by atoms with van der Waals surface area (Å²) in [6.07, 6.45) is 8.82. The van der Waals surface area contributed by atoms with Crippen LogP contribution < -0.4 is 0 Å². The maximum atomic E-state index is 12.7. The van der Waals surface area contributed by atoms with Gasteiger partial charge >= 0.3 is 6.18 Å². The Kier molecular flexibility index (Phi) is 6.06. The predicted octanol–water partition coefficient (Wildman–Crippen LogP) is 6.87. The number of hydrogen-bond acceptors (Lipinski definition) is 1. The van der Waals surface area contributed by atoms with Gasteiger partial charge in [-0.1, -0.05) is 18.2 Å². The van der Waals surface area contributed by atoms with Gasteiger partial charge in [0.1, 0.15) is 0 Å². The zero-order valence-corrected chi connectivity index (χ0v) is 15.0. The molecule has 2 aliphatic rings. The second-order valence-electron chi connectivity index (χ2n) is 7.89. The van der Waals surface area contributed by atoms with E-state index in [1.165, 1.54) is 50.7 Å². The smallest absolute Gasteiger partial charge is 0.193 e. The number of halogens is 3. The van der Waals surface area contributed by atoms with Gasteiger partial charge in [-0.2, -0.15) is 18.4 Å². The predicted molar refractivity (Wildman–Crippen MR) is 96.3 cm³/mol. The van der Waals surface area contributed by atoms with E-state index < -0.39 is 11.7 Å². The molecule has 140 valence electrons. The normalized spacial score (nSPS) is 30.2. The van der Waals surface area contributed by atoms with Gasteiger partial charge in [-0.05, 0) is 92.7 Å². The van der Waals surface area contributed by atoms with Gasteiger partial charge in [-0.15, -0.1) is 0 Å². The topological polar surface area (TPSA) is 23.8 Å². The second-order valence-corrected chi connectivity index (χ2v) is 7.89. The molecule has 3 rings (SSSR count). The summed E-state index contributed by atoms with van der Waals surface area (Å²) in [6, 6.07) is 7.85. The van der Waals surface area contributed by atoms with Crippen molar-refractivity contribution in [2.45, 2.75) is 63.5 Å². The van der Waals surface area contributed by atoms with Crippen molar-refractivity contribution in [3.63, 3.8) is 0 Å². The summed E-state index contributed by atoms with van der Waals surface area (Å²) < 4.78 is 38.1. The summed E-state index contributed by atoms with van der Waals surface area (Å²) in [5.41, 5.74) is 0.499. The van der Waals surface area contributed by atoms with Crippen LogP contribution in [-0.2, 0) is 6.18 Å². The van der Waals surface area contributed by atoms with E-state index in [9.17, 15) is 13.2 Å². The molecule has 0 bridgehead atoms. The number of alkyl halides is 3. The van der Waals surface area contributed by atoms with E-state index >= 15 is 0 Å². The van der Waals surface area contributed by atoms with E-state index in [0.29, 0.717) is 11.8 Å². The maximum absolute atomic E-state index is 12.7. The number of nitriles is 1. The number of hydrogen-bond donors (Lipinski definition) is 0. The average Bonchev–Trinajstić information content (AvgIpc) is 2.66. The quantitative estimate of drug-likeness (QED) is 0.539. The first kappa shape index (κ1) is 19.0. The summed E-state index contributed by atoms with van der Waals surface area (Å²) in [5.74, 6) is 2.52. The first-order valence-corrected chi connectivity index (χ1v) is 9.71.